The summed E-state index contributed by atoms with van der Waals surface area (Å²) >= 11 is 0. The molecule has 8 heteroatoms. The van der Waals surface area contributed by atoms with Crippen LogP contribution in [0.5, 0.6) is 0 Å². The molecule has 2 heterocycles. The van der Waals surface area contributed by atoms with Crippen molar-refractivity contribution in [3.8, 4) is 0 Å². The van der Waals surface area contributed by atoms with Gasteiger partial charge < -0.3 is 9.88 Å². The van der Waals surface area contributed by atoms with E-state index >= 15 is 0 Å². The number of hydrogen-bond donors (Lipinski definition) is 1. The van der Waals surface area contributed by atoms with Gasteiger partial charge in [-0.05, 0) is 25.3 Å². The Kier molecular flexibility index (Phi) is 5.73. The van der Waals surface area contributed by atoms with Gasteiger partial charge in [-0.25, -0.2) is 13.4 Å². The number of aromatic nitrogens is 2. The summed E-state index contributed by atoms with van der Waals surface area (Å²) in [5.41, 5.74) is 1.02. The normalized spacial score (nSPS) is 18.6. The molecule has 1 N–H and O–H groups in total. The minimum absolute atomic E-state index is 0.0460. The van der Waals surface area contributed by atoms with Crippen LogP contribution in [0.4, 0.5) is 0 Å². The molecule has 1 aliphatic rings. The van der Waals surface area contributed by atoms with Crippen LogP contribution in [-0.4, -0.2) is 41.3 Å². The van der Waals surface area contributed by atoms with Gasteiger partial charge in [0.1, 0.15) is 0 Å². The Balaban J connectivity index is 1.63. The lowest BCUT2D eigenvalue weighted by Crippen LogP contribution is -2.45. The predicted octanol–water partition coefficient (Wildman–Crippen LogP) is 1.62. The number of benzene rings is 1. The molecule has 1 fully saturated rings. The molecule has 0 saturated carbocycles. The molecule has 1 saturated heterocycles. The predicted molar refractivity (Wildman–Crippen MR) is 97.7 cm³/mol. The molecule has 140 valence electrons. The van der Waals surface area contributed by atoms with E-state index in [-0.39, 0.29) is 23.4 Å². The van der Waals surface area contributed by atoms with E-state index in [2.05, 4.69) is 10.3 Å². The molecule has 0 spiro atoms. The van der Waals surface area contributed by atoms with Crippen LogP contribution in [0.15, 0.2) is 47.9 Å². The van der Waals surface area contributed by atoms with Gasteiger partial charge in [0.15, 0.2) is 5.03 Å². The molecule has 0 unspecified atom stereocenters. The summed E-state index contributed by atoms with van der Waals surface area (Å²) in [5, 5.41) is 2.96. The van der Waals surface area contributed by atoms with Gasteiger partial charge in [0.25, 0.3) is 10.0 Å². The Labute approximate surface area is 154 Å². The van der Waals surface area contributed by atoms with Gasteiger partial charge in [-0.2, -0.15) is 4.31 Å². The highest BCUT2D eigenvalue weighted by atomic mass is 32.2. The second-order valence-corrected chi connectivity index (χ2v) is 8.33. The van der Waals surface area contributed by atoms with Crippen LogP contribution >= 0.6 is 0 Å². The van der Waals surface area contributed by atoms with Gasteiger partial charge in [0.05, 0.1) is 12.2 Å². The number of amides is 1. The summed E-state index contributed by atoms with van der Waals surface area (Å²) in [4.78, 5) is 16.5. The lowest BCUT2D eigenvalue weighted by atomic mass is 9.99. The van der Waals surface area contributed by atoms with Crippen molar-refractivity contribution in [3.05, 3.63) is 48.4 Å². The average Bonchev–Trinajstić information content (AvgIpc) is 3.17. The molecule has 7 nitrogen and oxygen atoms in total. The van der Waals surface area contributed by atoms with Crippen LogP contribution in [0.3, 0.4) is 0 Å². The van der Waals surface area contributed by atoms with Crippen molar-refractivity contribution in [2.75, 3.05) is 13.1 Å². The first-order valence-corrected chi connectivity index (χ1v) is 10.3. The largest absolute Gasteiger partial charge is 0.352 e. The third kappa shape index (κ3) is 4.13. The van der Waals surface area contributed by atoms with Crippen molar-refractivity contribution in [2.45, 2.75) is 37.9 Å². The molecular weight excluding hydrogens is 352 g/mol. The highest BCUT2D eigenvalue weighted by molar-refractivity contribution is 7.89. The SMILES string of the molecule is CCn1cnc(S(=O)(=O)N2CCC[C@@H](C(=O)NCc3ccccc3)C2)c1. The fraction of sp³-hybridized carbons (Fsp3) is 0.444. The minimum Gasteiger partial charge on any atom is -0.352 e. The van der Waals surface area contributed by atoms with Crippen molar-refractivity contribution < 1.29 is 13.2 Å². The van der Waals surface area contributed by atoms with Crippen molar-refractivity contribution in [2.24, 2.45) is 5.92 Å². The van der Waals surface area contributed by atoms with E-state index in [4.69, 9.17) is 0 Å². The van der Waals surface area contributed by atoms with Crippen molar-refractivity contribution in [3.63, 3.8) is 0 Å². The molecule has 2 aromatic rings. The number of hydrogen-bond acceptors (Lipinski definition) is 4. The monoisotopic (exact) mass is 376 g/mol. The summed E-state index contributed by atoms with van der Waals surface area (Å²) < 4.78 is 28.7. The second-order valence-electron chi connectivity index (χ2n) is 6.45. The Hall–Kier alpha value is -2.19. The zero-order chi connectivity index (χ0) is 18.6. The van der Waals surface area contributed by atoms with E-state index in [1.807, 2.05) is 37.3 Å². The molecule has 26 heavy (non-hydrogen) atoms. The van der Waals surface area contributed by atoms with Gasteiger partial charge >= 0.3 is 0 Å². The van der Waals surface area contributed by atoms with E-state index in [9.17, 15) is 13.2 Å². The molecular formula is C18H24N4O3S. The van der Waals surface area contributed by atoms with Crippen molar-refractivity contribution in [1.29, 1.82) is 0 Å². The van der Waals surface area contributed by atoms with E-state index in [0.29, 0.717) is 32.5 Å². The number of nitrogens with one attached hydrogen (secondary N) is 1. The number of carbonyl (C=O) groups excluding carboxylic acids is 1. The number of nitrogens with zero attached hydrogens (tertiary/aromatic N) is 3. The standard InChI is InChI=1S/C18H24N4O3S/c1-2-21-13-17(20-14-21)26(24,25)22-10-6-9-16(12-22)18(23)19-11-15-7-4-3-5-8-15/h3-5,7-8,13-14,16H,2,6,9-12H2,1H3,(H,19,23)/t16-/m1/s1. The molecule has 0 aliphatic carbocycles. The lowest BCUT2D eigenvalue weighted by Gasteiger charge is -2.30. The Bertz CT molecular complexity index is 848. The maximum atomic E-state index is 12.8. The lowest BCUT2D eigenvalue weighted by molar-refractivity contribution is -0.126. The fourth-order valence-electron chi connectivity index (χ4n) is 3.08. The molecule has 1 aromatic carbocycles. The summed E-state index contributed by atoms with van der Waals surface area (Å²) in [6.07, 6.45) is 4.41. The van der Waals surface area contributed by atoms with Crippen LogP contribution in [0.1, 0.15) is 25.3 Å². The number of rotatable bonds is 6. The third-order valence-corrected chi connectivity index (χ3v) is 6.39. The van der Waals surface area contributed by atoms with Gasteiger partial charge in [-0.3, -0.25) is 4.79 Å². The molecule has 0 radical (unpaired) electrons. The van der Waals surface area contributed by atoms with Crippen molar-refractivity contribution >= 4 is 15.9 Å². The van der Waals surface area contributed by atoms with E-state index in [1.54, 1.807) is 4.57 Å². The molecule has 0 bridgehead atoms. The smallest absolute Gasteiger partial charge is 0.262 e. The van der Waals surface area contributed by atoms with E-state index in [0.717, 1.165) is 5.56 Å². The number of piperidine rings is 1. The second kappa shape index (κ2) is 8.01. The molecule has 3 rings (SSSR count). The Morgan fingerprint density at radius 1 is 1.31 bits per heavy atom. The summed E-state index contributed by atoms with van der Waals surface area (Å²) in [6.45, 7) is 3.65. The highest BCUT2D eigenvalue weighted by Crippen LogP contribution is 2.23. The highest BCUT2D eigenvalue weighted by Gasteiger charge is 2.34. The van der Waals surface area contributed by atoms with Crippen LogP contribution in [0.2, 0.25) is 0 Å². The van der Waals surface area contributed by atoms with Crippen LogP contribution in [0.25, 0.3) is 0 Å². The Morgan fingerprint density at radius 3 is 2.77 bits per heavy atom. The Morgan fingerprint density at radius 2 is 2.08 bits per heavy atom. The maximum Gasteiger partial charge on any atom is 0.262 e. The maximum absolute atomic E-state index is 12.8. The first-order chi connectivity index (χ1) is 12.5. The zero-order valence-electron chi connectivity index (χ0n) is 14.8. The first kappa shape index (κ1) is 18.6. The first-order valence-electron chi connectivity index (χ1n) is 8.84. The molecule has 1 amide bonds. The third-order valence-electron chi connectivity index (χ3n) is 4.64. The van der Waals surface area contributed by atoms with Gasteiger partial charge in [-0.1, -0.05) is 30.3 Å². The quantitative estimate of drug-likeness (QED) is 0.830. The van der Waals surface area contributed by atoms with Crippen LogP contribution < -0.4 is 5.32 Å². The van der Waals surface area contributed by atoms with E-state index < -0.39 is 10.0 Å². The van der Waals surface area contributed by atoms with Gasteiger partial charge in [0, 0.05) is 32.4 Å². The zero-order valence-corrected chi connectivity index (χ0v) is 15.7. The molecule has 1 aliphatic heterocycles. The summed E-state index contributed by atoms with van der Waals surface area (Å²) in [5.74, 6) is -0.441. The van der Waals surface area contributed by atoms with E-state index in [1.165, 1.54) is 16.8 Å². The van der Waals surface area contributed by atoms with Crippen LogP contribution in [0, 0.1) is 5.92 Å². The van der Waals surface area contributed by atoms with Gasteiger partial charge in [0.2, 0.25) is 5.91 Å². The number of carbonyl (C=O) groups is 1. The molecule has 1 atom stereocenters. The number of sulfonamides is 1. The molecule has 1 aromatic heterocycles. The summed E-state index contributed by atoms with van der Waals surface area (Å²) in [7, 11) is -3.66. The topological polar surface area (TPSA) is 84.3 Å². The van der Waals surface area contributed by atoms with Crippen LogP contribution in [-0.2, 0) is 27.9 Å². The number of imidazole rings is 1. The van der Waals surface area contributed by atoms with Gasteiger partial charge in [-0.15, -0.1) is 0 Å². The van der Waals surface area contributed by atoms with Crippen molar-refractivity contribution in [1.82, 2.24) is 19.2 Å². The summed E-state index contributed by atoms with van der Waals surface area (Å²) in [6, 6.07) is 9.66. The minimum atomic E-state index is -3.66. The average molecular weight is 376 g/mol. The fourth-order valence-corrected chi connectivity index (χ4v) is 4.54. The number of aryl methyl sites for hydroxylation is 1.